The molecule has 5 nitrogen and oxygen atoms in total. The topological polar surface area (TPSA) is 53.5 Å². The Hall–Kier alpha value is -3.06. The van der Waals surface area contributed by atoms with Gasteiger partial charge in [-0.25, -0.2) is 9.37 Å². The van der Waals surface area contributed by atoms with E-state index >= 15 is 0 Å². The molecule has 1 unspecified atom stereocenters. The van der Waals surface area contributed by atoms with Crippen LogP contribution in [0, 0.1) is 17.7 Å². The number of carbonyl (C=O) groups excluding carboxylic acids is 2. The third-order valence-electron chi connectivity index (χ3n) is 6.32. The van der Waals surface area contributed by atoms with Gasteiger partial charge in [0.2, 0.25) is 11.8 Å². The van der Waals surface area contributed by atoms with Crippen molar-refractivity contribution in [1.29, 1.82) is 0 Å². The van der Waals surface area contributed by atoms with Crippen molar-refractivity contribution >= 4 is 28.3 Å². The zero-order chi connectivity index (χ0) is 22.8. The Bertz CT molecular complexity index is 1130. The van der Waals surface area contributed by atoms with Crippen LogP contribution in [0.25, 0.3) is 11.3 Å². The molecule has 33 heavy (non-hydrogen) atoms. The van der Waals surface area contributed by atoms with Gasteiger partial charge in [0.1, 0.15) is 5.82 Å². The van der Waals surface area contributed by atoms with Gasteiger partial charge < -0.3 is 4.90 Å². The first-order chi connectivity index (χ1) is 16.1. The van der Waals surface area contributed by atoms with Crippen LogP contribution < -0.4 is 4.90 Å². The summed E-state index contributed by atoms with van der Waals surface area (Å²) in [4.78, 5) is 34.7. The van der Waals surface area contributed by atoms with E-state index in [1.54, 1.807) is 17.0 Å². The van der Waals surface area contributed by atoms with E-state index in [-0.39, 0.29) is 29.5 Å². The molecule has 7 heteroatoms. The average molecular weight is 464 g/mol. The number of carbonyl (C=O) groups is 2. The predicted molar refractivity (Wildman–Crippen MR) is 127 cm³/mol. The second kappa shape index (κ2) is 9.43. The molecule has 1 aliphatic carbocycles. The Morgan fingerprint density at radius 2 is 1.79 bits per heavy atom. The zero-order valence-electron chi connectivity index (χ0n) is 18.3. The first kappa shape index (κ1) is 21.8. The van der Waals surface area contributed by atoms with Crippen LogP contribution in [0.2, 0.25) is 0 Å². The van der Waals surface area contributed by atoms with Crippen molar-refractivity contribution in [1.82, 2.24) is 9.88 Å². The lowest BCUT2D eigenvalue weighted by molar-refractivity contribution is -0.136. The molecule has 170 valence electrons. The number of benzene rings is 2. The second-order valence-electron chi connectivity index (χ2n) is 8.83. The van der Waals surface area contributed by atoms with Crippen molar-refractivity contribution in [3.63, 3.8) is 0 Å². The molecule has 1 aliphatic heterocycles. The molecule has 1 atom stereocenters. The molecule has 0 spiro atoms. The fourth-order valence-corrected chi connectivity index (χ4v) is 5.17. The Balaban J connectivity index is 1.40. The molecule has 0 bridgehead atoms. The van der Waals surface area contributed by atoms with Gasteiger partial charge in [0.15, 0.2) is 5.13 Å². The number of nitrogens with zero attached hydrogens (tertiary/aromatic N) is 3. The normalized spacial score (nSPS) is 18.2. The van der Waals surface area contributed by atoms with E-state index < -0.39 is 0 Å². The van der Waals surface area contributed by atoms with E-state index in [1.165, 1.54) is 23.5 Å². The highest BCUT2D eigenvalue weighted by atomic mass is 32.1. The van der Waals surface area contributed by atoms with E-state index in [1.807, 2.05) is 40.6 Å². The van der Waals surface area contributed by atoms with Gasteiger partial charge in [-0.1, -0.05) is 30.3 Å². The van der Waals surface area contributed by atoms with Gasteiger partial charge >= 0.3 is 0 Å². The first-order valence-electron chi connectivity index (χ1n) is 11.4. The number of halogens is 1. The number of likely N-dealkylation sites (tertiary alicyclic amines) is 1. The minimum Gasteiger partial charge on any atom is -0.342 e. The van der Waals surface area contributed by atoms with Gasteiger partial charge in [0.05, 0.1) is 18.2 Å². The summed E-state index contributed by atoms with van der Waals surface area (Å²) in [5.41, 5.74) is 2.55. The van der Waals surface area contributed by atoms with Gasteiger partial charge in [0.25, 0.3) is 0 Å². The predicted octanol–water partition coefficient (Wildman–Crippen LogP) is 5.13. The fourth-order valence-electron chi connectivity index (χ4n) is 4.34. The maximum Gasteiger partial charge on any atom is 0.233 e. The highest BCUT2D eigenvalue weighted by molar-refractivity contribution is 7.14. The third kappa shape index (κ3) is 4.98. The number of piperidine rings is 1. The van der Waals surface area contributed by atoms with Crippen LogP contribution in [0.3, 0.4) is 0 Å². The van der Waals surface area contributed by atoms with Gasteiger partial charge in [0, 0.05) is 30.0 Å². The first-order valence-corrected chi connectivity index (χ1v) is 12.3. The van der Waals surface area contributed by atoms with Crippen molar-refractivity contribution < 1.29 is 14.0 Å². The summed E-state index contributed by atoms with van der Waals surface area (Å²) < 4.78 is 13.3. The number of anilines is 1. The Kier molecular flexibility index (Phi) is 6.22. The highest BCUT2D eigenvalue weighted by Crippen LogP contribution is 2.34. The summed E-state index contributed by atoms with van der Waals surface area (Å²) in [6.45, 7) is 1.64. The lowest BCUT2D eigenvalue weighted by Gasteiger charge is -2.34. The fraction of sp³-hybridized carbons (Fsp3) is 0.346. The number of hydrogen-bond donors (Lipinski definition) is 0. The maximum absolute atomic E-state index is 13.8. The van der Waals surface area contributed by atoms with Crippen LogP contribution in [-0.2, 0) is 16.1 Å². The van der Waals surface area contributed by atoms with Crippen LogP contribution in [0.4, 0.5) is 9.52 Å². The standard InChI is InChI=1S/C26H26FN3O2S/c27-22-12-10-19(11-13-22)23-17-33-26(28-23)30(15-18-5-2-1-3-6-18)25(32)21-7-4-14-29(16-21)24(31)20-8-9-20/h1-3,5-6,10-13,17,20-21H,4,7-9,14-16H2. The lowest BCUT2D eigenvalue weighted by atomic mass is 9.96. The molecule has 2 heterocycles. The van der Waals surface area contributed by atoms with E-state index in [0.29, 0.717) is 18.2 Å². The van der Waals surface area contributed by atoms with Gasteiger partial charge in [-0.05, 0) is 55.5 Å². The zero-order valence-corrected chi connectivity index (χ0v) is 19.1. The van der Waals surface area contributed by atoms with E-state index in [9.17, 15) is 14.0 Å². The van der Waals surface area contributed by atoms with E-state index in [4.69, 9.17) is 4.98 Å². The molecule has 1 saturated heterocycles. The second-order valence-corrected chi connectivity index (χ2v) is 9.67. The van der Waals surface area contributed by atoms with Crippen molar-refractivity contribution in [2.24, 2.45) is 11.8 Å². The van der Waals surface area contributed by atoms with Crippen molar-refractivity contribution in [3.8, 4) is 11.3 Å². The van der Waals surface area contributed by atoms with Crippen molar-refractivity contribution in [2.75, 3.05) is 18.0 Å². The monoisotopic (exact) mass is 463 g/mol. The average Bonchev–Trinajstić information content (AvgIpc) is 3.60. The summed E-state index contributed by atoms with van der Waals surface area (Å²) in [6.07, 6.45) is 3.56. The summed E-state index contributed by atoms with van der Waals surface area (Å²) in [5, 5.41) is 2.52. The minimum atomic E-state index is -0.294. The summed E-state index contributed by atoms with van der Waals surface area (Å²) in [7, 11) is 0. The van der Waals surface area contributed by atoms with Crippen LogP contribution in [0.1, 0.15) is 31.2 Å². The smallest absolute Gasteiger partial charge is 0.233 e. The Morgan fingerprint density at radius 3 is 2.52 bits per heavy atom. The molecule has 5 rings (SSSR count). The molecular formula is C26H26FN3O2S. The van der Waals surface area contributed by atoms with Gasteiger partial charge in [-0.3, -0.25) is 14.5 Å². The number of aromatic nitrogens is 1. The molecule has 1 aromatic heterocycles. The number of hydrogen-bond acceptors (Lipinski definition) is 4. The van der Waals surface area contributed by atoms with E-state index in [2.05, 4.69) is 0 Å². The largest absolute Gasteiger partial charge is 0.342 e. The summed E-state index contributed by atoms with van der Waals surface area (Å²) in [6, 6.07) is 16.1. The summed E-state index contributed by atoms with van der Waals surface area (Å²) >= 11 is 1.41. The molecule has 2 aliphatic rings. The lowest BCUT2D eigenvalue weighted by Crippen LogP contribution is -2.47. The SMILES string of the molecule is O=C(C1CC1)N1CCCC(C(=O)N(Cc2ccccc2)c2nc(-c3ccc(F)cc3)cs2)C1. The molecule has 1 saturated carbocycles. The van der Waals surface area contributed by atoms with E-state index in [0.717, 1.165) is 49.0 Å². The molecule has 3 aromatic rings. The van der Waals surface area contributed by atoms with Crippen molar-refractivity contribution in [2.45, 2.75) is 32.2 Å². The molecule has 2 amide bonds. The molecule has 2 aromatic carbocycles. The van der Waals surface area contributed by atoms with Crippen LogP contribution >= 0.6 is 11.3 Å². The van der Waals surface area contributed by atoms with Crippen LogP contribution in [0.15, 0.2) is 60.0 Å². The maximum atomic E-state index is 13.8. The van der Waals surface area contributed by atoms with Gasteiger partial charge in [-0.2, -0.15) is 0 Å². The summed E-state index contributed by atoms with van der Waals surface area (Å²) in [5.74, 6) is -0.153. The van der Waals surface area contributed by atoms with Gasteiger partial charge in [-0.15, -0.1) is 11.3 Å². The quantitative estimate of drug-likeness (QED) is 0.509. The van der Waals surface area contributed by atoms with Crippen LogP contribution in [0.5, 0.6) is 0 Å². The van der Waals surface area contributed by atoms with Crippen LogP contribution in [-0.4, -0.2) is 34.8 Å². The Labute approximate surface area is 196 Å². The Morgan fingerprint density at radius 1 is 1.03 bits per heavy atom. The molecule has 2 fully saturated rings. The number of thiazole rings is 1. The molecule has 0 radical (unpaired) electrons. The number of rotatable bonds is 6. The highest BCUT2D eigenvalue weighted by Gasteiger charge is 2.38. The third-order valence-corrected chi connectivity index (χ3v) is 7.18. The van der Waals surface area contributed by atoms with Crippen molar-refractivity contribution in [3.05, 3.63) is 71.4 Å². The molecule has 0 N–H and O–H groups in total. The molecular weight excluding hydrogens is 437 g/mol. The minimum absolute atomic E-state index is 0.00663. The number of amides is 2.